The standard InChI is InChI=1S/C18H28N4O2S/c1-2-19-18(21-14-3-5-15(23)6-4-14)20-11-17(24)22-9-7-16-13(12-22)8-10-25-16/h8,10,14-15,23H,2-7,9,11-12H2,1H3,(H2,19,20,21). The predicted molar refractivity (Wildman–Crippen MR) is 101 cm³/mol. The van der Waals surface area contributed by atoms with Crippen molar-refractivity contribution in [2.45, 2.75) is 57.7 Å². The fourth-order valence-corrected chi connectivity index (χ4v) is 4.33. The van der Waals surface area contributed by atoms with E-state index in [2.05, 4.69) is 27.1 Å². The minimum absolute atomic E-state index is 0.0770. The van der Waals surface area contributed by atoms with Gasteiger partial charge in [-0.05, 0) is 56.0 Å². The van der Waals surface area contributed by atoms with Gasteiger partial charge in [0.15, 0.2) is 5.96 Å². The molecule has 0 radical (unpaired) electrons. The van der Waals surface area contributed by atoms with Crippen molar-refractivity contribution in [2.24, 2.45) is 4.99 Å². The summed E-state index contributed by atoms with van der Waals surface area (Å²) in [5.74, 6) is 0.776. The average Bonchev–Trinajstić information content (AvgIpc) is 3.09. The molecule has 1 saturated carbocycles. The number of carbonyl (C=O) groups is 1. The Bertz CT molecular complexity index is 608. The molecule has 7 heteroatoms. The van der Waals surface area contributed by atoms with Gasteiger partial charge in [-0.3, -0.25) is 4.79 Å². The largest absolute Gasteiger partial charge is 0.393 e. The molecule has 25 heavy (non-hydrogen) atoms. The molecular weight excluding hydrogens is 336 g/mol. The normalized spacial score (nSPS) is 23.9. The first-order valence-electron chi connectivity index (χ1n) is 9.21. The van der Waals surface area contributed by atoms with Crippen LogP contribution >= 0.6 is 11.3 Å². The first-order valence-corrected chi connectivity index (χ1v) is 10.1. The van der Waals surface area contributed by atoms with Gasteiger partial charge in [-0.1, -0.05) is 0 Å². The van der Waals surface area contributed by atoms with Crippen molar-refractivity contribution in [3.05, 3.63) is 21.9 Å². The molecule has 2 heterocycles. The minimum Gasteiger partial charge on any atom is -0.393 e. The van der Waals surface area contributed by atoms with Gasteiger partial charge >= 0.3 is 0 Å². The third-order valence-electron chi connectivity index (χ3n) is 4.91. The van der Waals surface area contributed by atoms with E-state index >= 15 is 0 Å². The zero-order valence-corrected chi connectivity index (χ0v) is 15.6. The Morgan fingerprint density at radius 2 is 2.20 bits per heavy atom. The van der Waals surface area contributed by atoms with E-state index in [1.807, 2.05) is 11.8 Å². The second-order valence-corrected chi connectivity index (χ2v) is 7.78. The zero-order chi connectivity index (χ0) is 17.6. The number of aliphatic hydroxyl groups is 1. The maximum atomic E-state index is 12.5. The third kappa shape index (κ3) is 4.95. The van der Waals surface area contributed by atoms with Crippen LogP contribution in [0.3, 0.4) is 0 Å². The maximum Gasteiger partial charge on any atom is 0.244 e. The van der Waals surface area contributed by atoms with Crippen LogP contribution in [0.2, 0.25) is 0 Å². The zero-order valence-electron chi connectivity index (χ0n) is 14.8. The highest BCUT2D eigenvalue weighted by Gasteiger charge is 2.22. The number of thiophene rings is 1. The highest BCUT2D eigenvalue weighted by atomic mass is 32.1. The minimum atomic E-state index is -0.166. The summed E-state index contributed by atoms with van der Waals surface area (Å²) in [6.45, 7) is 4.44. The van der Waals surface area contributed by atoms with Crippen molar-refractivity contribution in [3.63, 3.8) is 0 Å². The number of hydrogen-bond acceptors (Lipinski definition) is 4. The Morgan fingerprint density at radius 1 is 1.40 bits per heavy atom. The number of nitrogens with zero attached hydrogens (tertiary/aromatic N) is 2. The van der Waals surface area contributed by atoms with Gasteiger partial charge in [-0.15, -0.1) is 11.3 Å². The van der Waals surface area contributed by atoms with Crippen LogP contribution < -0.4 is 10.6 Å². The number of aliphatic imine (C=N–C) groups is 1. The summed E-state index contributed by atoms with van der Waals surface area (Å²) < 4.78 is 0. The van der Waals surface area contributed by atoms with Crippen LogP contribution in [0.25, 0.3) is 0 Å². The first kappa shape index (κ1) is 18.2. The predicted octanol–water partition coefficient (Wildman–Crippen LogP) is 1.49. The van der Waals surface area contributed by atoms with E-state index in [0.29, 0.717) is 18.5 Å². The lowest BCUT2D eigenvalue weighted by Crippen LogP contribution is -2.46. The van der Waals surface area contributed by atoms with Crippen molar-refractivity contribution in [1.29, 1.82) is 0 Å². The van der Waals surface area contributed by atoms with Crippen molar-refractivity contribution in [1.82, 2.24) is 15.5 Å². The number of hydrogen-bond donors (Lipinski definition) is 3. The average molecular weight is 365 g/mol. The highest BCUT2D eigenvalue weighted by Crippen LogP contribution is 2.24. The smallest absolute Gasteiger partial charge is 0.244 e. The molecule has 0 atom stereocenters. The molecule has 6 nitrogen and oxygen atoms in total. The van der Waals surface area contributed by atoms with Crippen molar-refractivity contribution in [2.75, 3.05) is 19.6 Å². The van der Waals surface area contributed by atoms with Crippen molar-refractivity contribution < 1.29 is 9.90 Å². The Hall–Kier alpha value is -1.60. The lowest BCUT2D eigenvalue weighted by atomic mass is 9.93. The summed E-state index contributed by atoms with van der Waals surface area (Å²) in [6.07, 6.45) is 4.31. The molecular formula is C18H28N4O2S. The van der Waals surface area contributed by atoms with Gasteiger partial charge < -0.3 is 20.6 Å². The van der Waals surface area contributed by atoms with Crippen LogP contribution in [-0.4, -0.2) is 53.7 Å². The highest BCUT2D eigenvalue weighted by molar-refractivity contribution is 7.10. The molecule has 0 bridgehead atoms. The van der Waals surface area contributed by atoms with Crippen molar-refractivity contribution in [3.8, 4) is 0 Å². The summed E-state index contributed by atoms with van der Waals surface area (Å²) in [4.78, 5) is 20.3. The Labute approximate surface area is 153 Å². The second kappa shape index (κ2) is 8.67. The summed E-state index contributed by atoms with van der Waals surface area (Å²) in [5.41, 5.74) is 1.28. The van der Waals surface area contributed by atoms with E-state index in [9.17, 15) is 9.90 Å². The monoisotopic (exact) mass is 364 g/mol. The topological polar surface area (TPSA) is 77.0 Å². The number of carbonyl (C=O) groups excluding carboxylic acids is 1. The van der Waals surface area contributed by atoms with Crippen molar-refractivity contribution >= 4 is 23.2 Å². The number of amides is 1. The summed E-state index contributed by atoms with van der Waals surface area (Å²) in [7, 11) is 0. The van der Waals surface area contributed by atoms with Crippen LogP contribution in [0.5, 0.6) is 0 Å². The molecule has 138 valence electrons. The maximum absolute atomic E-state index is 12.5. The molecule has 3 rings (SSSR count). The van der Waals surface area contributed by atoms with E-state index < -0.39 is 0 Å². The van der Waals surface area contributed by atoms with E-state index in [4.69, 9.17) is 0 Å². The second-order valence-electron chi connectivity index (χ2n) is 6.78. The summed E-state index contributed by atoms with van der Waals surface area (Å²) in [5, 5.41) is 18.3. The van der Waals surface area contributed by atoms with Gasteiger partial charge in [0.05, 0.1) is 6.10 Å². The van der Waals surface area contributed by atoms with Gasteiger partial charge in [0.25, 0.3) is 0 Å². The third-order valence-corrected chi connectivity index (χ3v) is 5.94. The molecule has 0 saturated heterocycles. The molecule has 1 aliphatic heterocycles. The molecule has 0 aromatic carbocycles. The number of aliphatic hydroxyl groups excluding tert-OH is 1. The number of guanidine groups is 1. The van der Waals surface area contributed by atoms with E-state index in [-0.39, 0.29) is 18.6 Å². The fraction of sp³-hybridized carbons (Fsp3) is 0.667. The van der Waals surface area contributed by atoms with Gasteiger partial charge in [0, 0.05) is 30.6 Å². The van der Waals surface area contributed by atoms with Gasteiger partial charge in [0.1, 0.15) is 6.54 Å². The van der Waals surface area contributed by atoms with Crippen LogP contribution in [0, 0.1) is 0 Å². The molecule has 1 fully saturated rings. The van der Waals surface area contributed by atoms with Gasteiger partial charge in [-0.2, -0.15) is 0 Å². The van der Waals surface area contributed by atoms with Crippen LogP contribution in [-0.2, 0) is 17.8 Å². The van der Waals surface area contributed by atoms with Crippen LogP contribution in [0.4, 0.5) is 0 Å². The summed E-state index contributed by atoms with van der Waals surface area (Å²) in [6, 6.07) is 2.44. The van der Waals surface area contributed by atoms with Gasteiger partial charge in [-0.25, -0.2) is 4.99 Å². The molecule has 1 aliphatic carbocycles. The first-order chi connectivity index (χ1) is 12.2. The van der Waals surface area contributed by atoms with Crippen LogP contribution in [0.15, 0.2) is 16.4 Å². The molecule has 0 unspecified atom stereocenters. The van der Waals surface area contributed by atoms with E-state index in [1.165, 1.54) is 10.4 Å². The quantitative estimate of drug-likeness (QED) is 0.559. The molecule has 1 amide bonds. The Balaban J connectivity index is 1.53. The van der Waals surface area contributed by atoms with Gasteiger partial charge in [0.2, 0.25) is 5.91 Å². The van der Waals surface area contributed by atoms with E-state index in [1.54, 1.807) is 11.3 Å². The molecule has 1 aromatic heterocycles. The number of rotatable bonds is 4. The number of fused-ring (bicyclic) bond motifs is 1. The Morgan fingerprint density at radius 3 is 2.96 bits per heavy atom. The Kier molecular flexibility index (Phi) is 6.31. The lowest BCUT2D eigenvalue weighted by molar-refractivity contribution is -0.130. The molecule has 2 aliphatic rings. The molecule has 0 spiro atoms. The number of nitrogens with one attached hydrogen (secondary N) is 2. The van der Waals surface area contributed by atoms with E-state index in [0.717, 1.165) is 45.2 Å². The molecule has 3 N–H and O–H groups in total. The van der Waals surface area contributed by atoms with Crippen LogP contribution in [0.1, 0.15) is 43.0 Å². The lowest BCUT2D eigenvalue weighted by Gasteiger charge is -2.28. The SMILES string of the molecule is CCNC(=NCC(=O)N1CCc2sccc2C1)NC1CCC(O)CC1. The summed E-state index contributed by atoms with van der Waals surface area (Å²) >= 11 is 1.78. The fourth-order valence-electron chi connectivity index (χ4n) is 3.44. The molecule has 1 aromatic rings.